The molecule has 0 saturated carbocycles. The number of rotatable bonds is 7. The molecule has 1 unspecified atom stereocenters. The molecule has 0 bridgehead atoms. The molecular formula is C13H19N3O. The summed E-state index contributed by atoms with van der Waals surface area (Å²) in [5.41, 5.74) is 0. The Balaban J connectivity index is 2.61. The molecule has 1 aromatic heterocycles. The van der Waals surface area contributed by atoms with Gasteiger partial charge in [0.15, 0.2) is 0 Å². The average Bonchev–Trinajstić information content (AvgIpc) is 2.36. The second kappa shape index (κ2) is 7.50. The van der Waals surface area contributed by atoms with E-state index in [4.69, 9.17) is 11.2 Å². The van der Waals surface area contributed by atoms with Crippen molar-refractivity contribution in [1.29, 1.82) is 0 Å². The van der Waals surface area contributed by atoms with Gasteiger partial charge in [0, 0.05) is 12.3 Å². The molecule has 4 nitrogen and oxygen atoms in total. The van der Waals surface area contributed by atoms with E-state index >= 15 is 0 Å². The van der Waals surface area contributed by atoms with Gasteiger partial charge in [-0.15, -0.1) is 6.42 Å². The molecular weight excluding hydrogens is 214 g/mol. The normalized spacial score (nSPS) is 11.6. The smallest absolute Gasteiger partial charge is 0.226 e. The fourth-order valence-electron chi connectivity index (χ4n) is 1.34. The van der Waals surface area contributed by atoms with Crippen molar-refractivity contribution in [3.8, 4) is 18.2 Å². The van der Waals surface area contributed by atoms with Gasteiger partial charge in [-0.2, -0.15) is 4.98 Å². The number of nitrogens with one attached hydrogen (secondary N) is 1. The highest BCUT2D eigenvalue weighted by atomic mass is 16.5. The van der Waals surface area contributed by atoms with E-state index in [1.165, 1.54) is 0 Å². The van der Waals surface area contributed by atoms with Crippen molar-refractivity contribution in [2.75, 3.05) is 11.9 Å². The number of anilines is 1. The summed E-state index contributed by atoms with van der Waals surface area (Å²) in [5.74, 6) is 3.79. The van der Waals surface area contributed by atoms with Gasteiger partial charge in [0.1, 0.15) is 0 Å². The fourth-order valence-corrected chi connectivity index (χ4v) is 1.34. The molecule has 0 amide bonds. The van der Waals surface area contributed by atoms with Crippen LogP contribution in [-0.4, -0.2) is 22.6 Å². The summed E-state index contributed by atoms with van der Waals surface area (Å²) in [4.78, 5) is 8.36. The molecule has 92 valence electrons. The Hall–Kier alpha value is -1.76. The van der Waals surface area contributed by atoms with Gasteiger partial charge in [-0.05, 0) is 12.8 Å². The van der Waals surface area contributed by atoms with Crippen LogP contribution < -0.4 is 10.1 Å². The van der Waals surface area contributed by atoms with Crippen LogP contribution in [0, 0.1) is 12.3 Å². The minimum atomic E-state index is -0.0265. The molecule has 0 aliphatic heterocycles. The number of hydrogen-bond acceptors (Lipinski definition) is 4. The summed E-state index contributed by atoms with van der Waals surface area (Å²) < 4.78 is 5.43. The summed E-state index contributed by atoms with van der Waals surface area (Å²) in [7, 11) is 0. The summed E-state index contributed by atoms with van der Waals surface area (Å²) in [6.45, 7) is 4.80. The van der Waals surface area contributed by atoms with Gasteiger partial charge in [-0.1, -0.05) is 26.2 Å². The minimum Gasteiger partial charge on any atom is -0.478 e. The van der Waals surface area contributed by atoms with E-state index in [0.717, 1.165) is 19.3 Å². The van der Waals surface area contributed by atoms with Gasteiger partial charge in [0.25, 0.3) is 0 Å². The Kier molecular flexibility index (Phi) is 5.87. The van der Waals surface area contributed by atoms with E-state index in [2.05, 4.69) is 35.1 Å². The molecule has 0 fully saturated rings. The van der Waals surface area contributed by atoms with Crippen LogP contribution in [0.15, 0.2) is 12.3 Å². The van der Waals surface area contributed by atoms with Crippen molar-refractivity contribution in [3.05, 3.63) is 12.3 Å². The first kappa shape index (κ1) is 13.3. The van der Waals surface area contributed by atoms with Crippen LogP contribution in [0.4, 0.5) is 5.95 Å². The Bertz CT molecular complexity index is 373. The van der Waals surface area contributed by atoms with E-state index in [1.54, 1.807) is 12.3 Å². The van der Waals surface area contributed by atoms with Crippen LogP contribution in [0.25, 0.3) is 0 Å². The molecule has 17 heavy (non-hydrogen) atoms. The monoisotopic (exact) mass is 233 g/mol. The lowest BCUT2D eigenvalue weighted by molar-refractivity contribution is 0.305. The van der Waals surface area contributed by atoms with Crippen molar-refractivity contribution in [2.45, 2.75) is 39.2 Å². The Morgan fingerprint density at radius 2 is 2.29 bits per heavy atom. The zero-order valence-electron chi connectivity index (χ0n) is 10.4. The maximum Gasteiger partial charge on any atom is 0.226 e. The van der Waals surface area contributed by atoms with Crippen LogP contribution in [0.3, 0.4) is 0 Å². The number of terminal acetylenes is 1. The highest BCUT2D eigenvalue weighted by Crippen LogP contribution is 2.10. The lowest BCUT2D eigenvalue weighted by Gasteiger charge is -2.12. The summed E-state index contributed by atoms with van der Waals surface area (Å²) in [5, 5.41) is 3.11. The third-order valence-corrected chi connectivity index (χ3v) is 2.17. The van der Waals surface area contributed by atoms with E-state index in [-0.39, 0.29) is 6.04 Å². The summed E-state index contributed by atoms with van der Waals surface area (Å²) in [6.07, 6.45) is 9.97. The van der Waals surface area contributed by atoms with Gasteiger partial charge in [0.2, 0.25) is 11.8 Å². The Morgan fingerprint density at radius 1 is 1.47 bits per heavy atom. The van der Waals surface area contributed by atoms with Crippen molar-refractivity contribution >= 4 is 5.95 Å². The maximum atomic E-state index is 5.43. The van der Waals surface area contributed by atoms with Crippen LogP contribution in [0.1, 0.15) is 33.1 Å². The third kappa shape index (κ3) is 4.73. The highest BCUT2D eigenvalue weighted by molar-refractivity contribution is 5.31. The van der Waals surface area contributed by atoms with Gasteiger partial charge in [0.05, 0.1) is 12.6 Å². The van der Waals surface area contributed by atoms with E-state index < -0.39 is 0 Å². The first-order chi connectivity index (χ1) is 8.30. The predicted molar refractivity (Wildman–Crippen MR) is 69.0 cm³/mol. The zero-order valence-corrected chi connectivity index (χ0v) is 10.4. The molecule has 1 rings (SSSR count). The molecule has 4 heteroatoms. The third-order valence-electron chi connectivity index (χ3n) is 2.17. The van der Waals surface area contributed by atoms with Crippen LogP contribution in [0.5, 0.6) is 5.88 Å². The quantitative estimate of drug-likeness (QED) is 0.735. The molecule has 0 aliphatic rings. The summed E-state index contributed by atoms with van der Waals surface area (Å²) >= 11 is 0. The Labute approximate surface area is 103 Å². The second-order valence-corrected chi connectivity index (χ2v) is 3.72. The zero-order chi connectivity index (χ0) is 12.5. The van der Waals surface area contributed by atoms with Gasteiger partial charge in [-0.25, -0.2) is 4.98 Å². The molecule has 0 aliphatic carbocycles. The molecule has 1 heterocycles. The number of nitrogens with zero attached hydrogens (tertiary/aromatic N) is 2. The predicted octanol–water partition coefficient (Wildman–Crippen LogP) is 2.48. The molecule has 1 N–H and O–H groups in total. The topological polar surface area (TPSA) is 47.0 Å². The molecule has 1 aromatic rings. The first-order valence-corrected chi connectivity index (χ1v) is 5.98. The molecule has 0 radical (unpaired) electrons. The second-order valence-electron chi connectivity index (χ2n) is 3.72. The van der Waals surface area contributed by atoms with Gasteiger partial charge >= 0.3 is 0 Å². The first-order valence-electron chi connectivity index (χ1n) is 5.98. The van der Waals surface area contributed by atoms with Crippen molar-refractivity contribution in [2.24, 2.45) is 0 Å². The van der Waals surface area contributed by atoms with Crippen LogP contribution in [-0.2, 0) is 0 Å². The van der Waals surface area contributed by atoms with E-state index in [0.29, 0.717) is 18.4 Å². The van der Waals surface area contributed by atoms with Crippen molar-refractivity contribution in [3.63, 3.8) is 0 Å². The standard InChI is InChI=1S/C13H19N3O/c1-4-7-11(6-3)15-13-14-9-8-12(16-13)17-10-5-2/h3,8-9,11H,4-5,7,10H2,1-2H3,(H,14,15,16). The number of aromatic nitrogens is 2. The molecule has 0 aromatic carbocycles. The van der Waals surface area contributed by atoms with Gasteiger partial charge in [-0.3, -0.25) is 0 Å². The maximum absolute atomic E-state index is 5.43. The number of ether oxygens (including phenoxy) is 1. The van der Waals surface area contributed by atoms with E-state index in [9.17, 15) is 0 Å². The highest BCUT2D eigenvalue weighted by Gasteiger charge is 2.06. The SMILES string of the molecule is C#CC(CCC)Nc1nccc(OCCC)n1. The number of hydrogen-bond donors (Lipinski definition) is 1. The minimum absolute atomic E-state index is 0.0265. The van der Waals surface area contributed by atoms with Crippen LogP contribution >= 0.6 is 0 Å². The lowest BCUT2D eigenvalue weighted by atomic mass is 10.2. The van der Waals surface area contributed by atoms with Crippen molar-refractivity contribution in [1.82, 2.24) is 9.97 Å². The van der Waals surface area contributed by atoms with Crippen molar-refractivity contribution < 1.29 is 4.74 Å². The molecule has 0 saturated heterocycles. The van der Waals surface area contributed by atoms with Gasteiger partial charge < -0.3 is 10.1 Å². The average molecular weight is 233 g/mol. The largest absolute Gasteiger partial charge is 0.478 e. The Morgan fingerprint density at radius 3 is 2.94 bits per heavy atom. The summed E-state index contributed by atoms with van der Waals surface area (Å²) in [6, 6.07) is 1.72. The molecule has 1 atom stereocenters. The molecule has 0 spiro atoms. The van der Waals surface area contributed by atoms with E-state index in [1.807, 2.05) is 0 Å². The van der Waals surface area contributed by atoms with Crippen LogP contribution in [0.2, 0.25) is 0 Å². The fraction of sp³-hybridized carbons (Fsp3) is 0.538. The lowest BCUT2D eigenvalue weighted by Crippen LogP contribution is -2.18.